The van der Waals surface area contributed by atoms with Gasteiger partial charge >= 0.3 is 0 Å². The van der Waals surface area contributed by atoms with Gasteiger partial charge in [0.05, 0.1) is 30.5 Å². The maximum Gasteiger partial charge on any atom is 0.256 e. The lowest BCUT2D eigenvalue weighted by atomic mass is 10.1. The molecule has 0 amide bonds. The van der Waals surface area contributed by atoms with Crippen molar-refractivity contribution in [2.45, 2.75) is 19.9 Å². The molecule has 0 aromatic carbocycles. The van der Waals surface area contributed by atoms with Crippen LogP contribution in [0, 0.1) is 18.3 Å². The summed E-state index contributed by atoms with van der Waals surface area (Å²) in [5.41, 5.74) is 4.05. The van der Waals surface area contributed by atoms with Gasteiger partial charge in [-0.2, -0.15) is 5.26 Å². The molecule has 0 atom stereocenters. The summed E-state index contributed by atoms with van der Waals surface area (Å²) in [6.45, 7) is 1.37. The van der Waals surface area contributed by atoms with Gasteiger partial charge in [-0.25, -0.2) is 18.7 Å². The van der Waals surface area contributed by atoms with Crippen molar-refractivity contribution in [2.75, 3.05) is 0 Å². The predicted molar refractivity (Wildman–Crippen MR) is 95.1 cm³/mol. The van der Waals surface area contributed by atoms with E-state index in [0.29, 0.717) is 34.0 Å². The van der Waals surface area contributed by atoms with Crippen molar-refractivity contribution < 1.29 is 8.78 Å². The maximum atomic E-state index is 13.1. The molecule has 6 nitrogen and oxygen atoms in total. The lowest BCUT2D eigenvalue weighted by molar-refractivity contribution is 0.127. The molecular weight excluding hydrogens is 350 g/mol. The van der Waals surface area contributed by atoms with Crippen LogP contribution in [0.25, 0.3) is 28.3 Å². The second-order valence-corrected chi connectivity index (χ2v) is 6.05. The second kappa shape index (κ2) is 6.61. The highest BCUT2D eigenvalue weighted by Gasteiger charge is 2.19. The number of hydrogen-bond donors (Lipinski definition) is 0. The van der Waals surface area contributed by atoms with Gasteiger partial charge in [0.1, 0.15) is 23.1 Å². The predicted octanol–water partition coefficient (Wildman–Crippen LogP) is 3.71. The smallest absolute Gasteiger partial charge is 0.256 e. The average molecular weight is 364 g/mol. The Labute approximate surface area is 153 Å². The molecule has 0 aliphatic carbocycles. The summed E-state index contributed by atoms with van der Waals surface area (Å²) in [6.07, 6.45) is 2.05. The zero-order valence-electron chi connectivity index (χ0n) is 14.3. The van der Waals surface area contributed by atoms with Crippen LogP contribution >= 0.6 is 0 Å². The maximum absolute atomic E-state index is 13.1. The molecule has 0 bridgehead atoms. The van der Waals surface area contributed by atoms with Crippen molar-refractivity contribution in [3.63, 3.8) is 0 Å². The van der Waals surface area contributed by atoms with E-state index < -0.39 is 13.0 Å². The van der Waals surface area contributed by atoms with Crippen LogP contribution in [0.3, 0.4) is 0 Å². The van der Waals surface area contributed by atoms with Gasteiger partial charge in [-0.1, -0.05) is 6.07 Å². The lowest BCUT2D eigenvalue weighted by Crippen LogP contribution is -2.07. The van der Waals surface area contributed by atoms with E-state index in [1.54, 1.807) is 28.8 Å². The number of imidazole rings is 2. The van der Waals surface area contributed by atoms with Crippen LogP contribution < -0.4 is 0 Å². The van der Waals surface area contributed by atoms with Gasteiger partial charge < -0.3 is 4.57 Å². The van der Waals surface area contributed by atoms with Crippen molar-refractivity contribution in [1.29, 1.82) is 5.26 Å². The second-order valence-electron chi connectivity index (χ2n) is 6.05. The molecule has 0 N–H and O–H groups in total. The molecule has 27 heavy (non-hydrogen) atoms. The Bertz CT molecular complexity index is 1170. The number of fused-ring (bicyclic) bond motifs is 1. The summed E-state index contributed by atoms with van der Waals surface area (Å²) in [5, 5.41) is 9.25. The fraction of sp³-hybridized carbons (Fsp3) is 0.158. The molecule has 0 radical (unpaired) electrons. The molecule has 4 aromatic rings. The highest BCUT2D eigenvalue weighted by molar-refractivity contribution is 5.77. The molecule has 0 spiro atoms. The van der Waals surface area contributed by atoms with Gasteiger partial charge in [-0.05, 0) is 31.2 Å². The third-order valence-corrected chi connectivity index (χ3v) is 4.20. The standard InChI is InChI=1S/C19H14F2N6/c1-12-3-2-4-15(25-12)18-19(26(11-24-18)10-16(20)21)13-5-6-17-23-8-14(7-22)27(17)9-13/h2-6,8-9,11,16H,10H2,1H3. The summed E-state index contributed by atoms with van der Waals surface area (Å²) in [7, 11) is 0. The Balaban J connectivity index is 1.95. The SMILES string of the molecule is Cc1cccc(-c2ncn(CC(F)F)c2-c2ccc3ncc(C#N)n3c2)n1. The molecule has 0 fully saturated rings. The van der Waals surface area contributed by atoms with E-state index in [4.69, 9.17) is 0 Å². The summed E-state index contributed by atoms with van der Waals surface area (Å²) in [4.78, 5) is 13.0. The molecule has 8 heteroatoms. The Morgan fingerprint density at radius 1 is 1.19 bits per heavy atom. The minimum absolute atomic E-state index is 0.363. The van der Waals surface area contributed by atoms with Crippen LogP contribution in [-0.4, -0.2) is 30.3 Å². The Morgan fingerprint density at radius 2 is 2.04 bits per heavy atom. The van der Waals surface area contributed by atoms with E-state index in [9.17, 15) is 14.0 Å². The van der Waals surface area contributed by atoms with Gasteiger partial charge in [-0.3, -0.25) is 9.38 Å². The van der Waals surface area contributed by atoms with Gasteiger partial charge in [0.15, 0.2) is 0 Å². The van der Waals surface area contributed by atoms with E-state index in [0.717, 1.165) is 5.69 Å². The van der Waals surface area contributed by atoms with Gasteiger partial charge in [0, 0.05) is 17.5 Å². The topological polar surface area (TPSA) is 71.8 Å². The van der Waals surface area contributed by atoms with Crippen LogP contribution in [0.1, 0.15) is 11.4 Å². The first-order valence-corrected chi connectivity index (χ1v) is 8.21. The number of aryl methyl sites for hydroxylation is 1. The zero-order valence-corrected chi connectivity index (χ0v) is 14.3. The summed E-state index contributed by atoms with van der Waals surface area (Å²) in [6, 6.07) is 11.1. The quantitative estimate of drug-likeness (QED) is 0.553. The van der Waals surface area contributed by atoms with Crippen molar-refractivity contribution in [1.82, 2.24) is 23.9 Å². The molecule has 4 aromatic heterocycles. The van der Waals surface area contributed by atoms with Crippen molar-refractivity contribution in [2.24, 2.45) is 0 Å². The monoisotopic (exact) mass is 364 g/mol. The third kappa shape index (κ3) is 3.04. The number of halogens is 2. The summed E-state index contributed by atoms with van der Waals surface area (Å²) < 4.78 is 29.2. The van der Waals surface area contributed by atoms with Crippen LogP contribution in [0.4, 0.5) is 8.78 Å². The fourth-order valence-electron chi connectivity index (χ4n) is 3.04. The van der Waals surface area contributed by atoms with Crippen molar-refractivity contribution >= 4 is 5.65 Å². The number of rotatable bonds is 4. The number of alkyl halides is 2. The largest absolute Gasteiger partial charge is 0.324 e. The first kappa shape index (κ1) is 16.8. The Morgan fingerprint density at radius 3 is 2.78 bits per heavy atom. The summed E-state index contributed by atoms with van der Waals surface area (Å²) in [5.74, 6) is 0. The highest BCUT2D eigenvalue weighted by atomic mass is 19.3. The van der Waals surface area contributed by atoms with E-state index in [1.165, 1.54) is 17.1 Å². The first-order chi connectivity index (χ1) is 13.1. The molecule has 0 saturated carbocycles. The third-order valence-electron chi connectivity index (χ3n) is 4.20. The normalized spacial score (nSPS) is 11.2. The van der Waals surface area contributed by atoms with Crippen LogP contribution in [-0.2, 0) is 6.54 Å². The van der Waals surface area contributed by atoms with Crippen LogP contribution in [0.15, 0.2) is 49.1 Å². The van der Waals surface area contributed by atoms with Gasteiger partial charge in [0.2, 0.25) is 0 Å². The minimum atomic E-state index is -2.53. The molecule has 4 heterocycles. The van der Waals surface area contributed by atoms with Gasteiger partial charge in [0.25, 0.3) is 6.43 Å². The average Bonchev–Trinajstić information content (AvgIpc) is 3.24. The molecule has 0 saturated heterocycles. The molecular formula is C19H14F2N6. The molecule has 134 valence electrons. The van der Waals surface area contributed by atoms with Gasteiger partial charge in [-0.15, -0.1) is 0 Å². The minimum Gasteiger partial charge on any atom is -0.324 e. The van der Waals surface area contributed by atoms with E-state index in [-0.39, 0.29) is 0 Å². The Kier molecular flexibility index (Phi) is 4.12. The molecule has 0 aliphatic heterocycles. The first-order valence-electron chi connectivity index (χ1n) is 8.21. The van der Waals surface area contributed by atoms with E-state index in [1.807, 2.05) is 19.1 Å². The number of nitriles is 1. The summed E-state index contributed by atoms with van der Waals surface area (Å²) >= 11 is 0. The molecule has 4 rings (SSSR count). The number of hydrogen-bond acceptors (Lipinski definition) is 4. The van der Waals surface area contributed by atoms with E-state index >= 15 is 0 Å². The highest BCUT2D eigenvalue weighted by Crippen LogP contribution is 2.31. The van der Waals surface area contributed by atoms with E-state index in [2.05, 4.69) is 21.0 Å². The zero-order chi connectivity index (χ0) is 19.0. The number of pyridine rings is 2. The van der Waals surface area contributed by atoms with Crippen LogP contribution in [0.5, 0.6) is 0 Å². The number of aromatic nitrogens is 5. The fourth-order valence-corrected chi connectivity index (χ4v) is 3.04. The molecule has 0 unspecified atom stereocenters. The van der Waals surface area contributed by atoms with Crippen LogP contribution in [0.2, 0.25) is 0 Å². The van der Waals surface area contributed by atoms with Crippen molar-refractivity contribution in [3.8, 4) is 28.7 Å². The Hall–Kier alpha value is -3.60. The van der Waals surface area contributed by atoms with Crippen molar-refractivity contribution in [3.05, 3.63) is 60.4 Å². The lowest BCUT2D eigenvalue weighted by Gasteiger charge is -2.11. The molecule has 0 aliphatic rings. The number of nitrogens with zero attached hydrogens (tertiary/aromatic N) is 6.